The first-order valence-electron chi connectivity index (χ1n) is 9.74. The fraction of sp³-hybridized carbons (Fsp3) is 0.273. The molecule has 1 fully saturated rings. The highest BCUT2D eigenvalue weighted by molar-refractivity contribution is 8.03. The maximum Gasteiger partial charge on any atom is 0.356 e. The maximum atomic E-state index is 12.9. The van der Waals surface area contributed by atoms with Gasteiger partial charge in [0.15, 0.2) is 0 Å². The number of aliphatic hydroxyl groups is 1. The molecule has 0 aromatic heterocycles. The van der Waals surface area contributed by atoms with Crippen LogP contribution < -0.4 is 0 Å². The lowest BCUT2D eigenvalue weighted by molar-refractivity contribution is -0.384. The zero-order valence-corrected chi connectivity index (χ0v) is 17.5. The Hall–Kier alpha value is -3.17. The van der Waals surface area contributed by atoms with Crippen molar-refractivity contribution >= 4 is 29.3 Å². The molecule has 1 saturated heterocycles. The van der Waals surface area contributed by atoms with Crippen LogP contribution in [0.1, 0.15) is 18.9 Å². The number of rotatable bonds is 7. The van der Waals surface area contributed by atoms with Crippen LogP contribution in [0.4, 0.5) is 5.69 Å². The number of amides is 1. The average molecular weight is 440 g/mol. The Balaban J connectivity index is 1.54. The largest absolute Gasteiger partial charge is 0.456 e. The van der Waals surface area contributed by atoms with E-state index in [9.17, 15) is 24.8 Å². The standard InChI is InChI=1S/C22H20N2O6S/c1-13(25)19-17-11-18(31-16-5-3-2-4-6-16)20(23(17)21(19)26)22(27)30-12-14-7-9-15(10-8-14)24(28)29/h2-10,13,17,19,25H,11-12H2,1H3. The fourth-order valence-corrected chi connectivity index (χ4v) is 4.98. The summed E-state index contributed by atoms with van der Waals surface area (Å²) in [5.74, 6) is -1.45. The Morgan fingerprint density at radius 1 is 1.26 bits per heavy atom. The molecule has 0 bridgehead atoms. The van der Waals surface area contributed by atoms with Crippen molar-refractivity contribution in [2.24, 2.45) is 5.92 Å². The molecule has 3 unspecified atom stereocenters. The van der Waals surface area contributed by atoms with E-state index < -0.39 is 22.9 Å². The van der Waals surface area contributed by atoms with Gasteiger partial charge >= 0.3 is 5.97 Å². The second-order valence-electron chi connectivity index (χ2n) is 7.43. The minimum atomic E-state index is -0.799. The number of esters is 1. The van der Waals surface area contributed by atoms with E-state index in [-0.39, 0.29) is 29.9 Å². The molecule has 0 spiro atoms. The number of thioether (sulfide) groups is 1. The summed E-state index contributed by atoms with van der Waals surface area (Å²) in [6.45, 7) is 1.50. The number of carbonyl (C=O) groups excluding carboxylic acids is 2. The number of hydrogen-bond acceptors (Lipinski definition) is 7. The molecule has 1 N–H and O–H groups in total. The van der Waals surface area contributed by atoms with E-state index in [1.165, 1.54) is 40.9 Å². The number of nitro groups is 1. The van der Waals surface area contributed by atoms with Crippen molar-refractivity contribution in [2.75, 3.05) is 0 Å². The number of carbonyl (C=O) groups is 2. The Labute approximate surface area is 182 Å². The van der Waals surface area contributed by atoms with E-state index in [0.717, 1.165) is 9.80 Å². The third kappa shape index (κ3) is 4.06. The van der Waals surface area contributed by atoms with E-state index in [1.54, 1.807) is 6.92 Å². The van der Waals surface area contributed by atoms with E-state index in [1.807, 2.05) is 30.3 Å². The minimum absolute atomic E-state index is 0.0479. The zero-order chi connectivity index (χ0) is 22.1. The zero-order valence-electron chi connectivity index (χ0n) is 16.6. The van der Waals surface area contributed by atoms with Gasteiger partial charge in [0.1, 0.15) is 12.3 Å². The Bertz CT molecular complexity index is 1050. The summed E-state index contributed by atoms with van der Waals surface area (Å²) in [6, 6.07) is 15.0. The number of ether oxygens (including phenoxy) is 1. The number of hydrogen-bond donors (Lipinski definition) is 1. The molecule has 31 heavy (non-hydrogen) atoms. The molecule has 0 radical (unpaired) electrons. The Kier molecular flexibility index (Phi) is 5.79. The number of fused-ring (bicyclic) bond motifs is 1. The topological polar surface area (TPSA) is 110 Å². The lowest BCUT2D eigenvalue weighted by Crippen LogP contribution is -2.61. The highest BCUT2D eigenvalue weighted by atomic mass is 32.2. The molecule has 0 saturated carbocycles. The van der Waals surface area contributed by atoms with Crippen molar-refractivity contribution in [3.8, 4) is 0 Å². The first kappa shape index (κ1) is 21.1. The van der Waals surface area contributed by atoms with Gasteiger partial charge in [0.2, 0.25) is 5.91 Å². The number of non-ortho nitro benzene ring substituents is 1. The van der Waals surface area contributed by atoms with E-state index >= 15 is 0 Å². The molecule has 160 valence electrons. The first-order chi connectivity index (χ1) is 14.9. The molecular weight excluding hydrogens is 420 g/mol. The quantitative estimate of drug-likeness (QED) is 0.305. The van der Waals surface area contributed by atoms with Gasteiger partial charge in [-0.25, -0.2) is 4.79 Å². The predicted molar refractivity (Wildman–Crippen MR) is 113 cm³/mol. The molecule has 0 aliphatic carbocycles. The number of aliphatic hydroxyl groups excluding tert-OH is 1. The summed E-state index contributed by atoms with van der Waals surface area (Å²) in [5, 5.41) is 20.7. The molecular formula is C22H20N2O6S. The van der Waals surface area contributed by atoms with Gasteiger partial charge in [0, 0.05) is 28.4 Å². The number of nitro benzene ring substituents is 1. The lowest BCUT2D eigenvalue weighted by Gasteiger charge is -2.44. The van der Waals surface area contributed by atoms with Crippen molar-refractivity contribution < 1.29 is 24.4 Å². The number of β-lactam (4-membered cyclic amide) rings is 1. The second kappa shape index (κ2) is 8.52. The number of benzene rings is 2. The van der Waals surface area contributed by atoms with Crippen LogP contribution in [0, 0.1) is 16.0 Å². The fourth-order valence-electron chi connectivity index (χ4n) is 3.87. The summed E-state index contributed by atoms with van der Waals surface area (Å²) < 4.78 is 5.44. The summed E-state index contributed by atoms with van der Waals surface area (Å²) in [7, 11) is 0. The molecule has 2 aliphatic rings. The van der Waals surface area contributed by atoms with E-state index in [4.69, 9.17) is 4.74 Å². The van der Waals surface area contributed by atoms with Crippen LogP contribution in [0.25, 0.3) is 0 Å². The highest BCUT2D eigenvalue weighted by Gasteiger charge is 2.57. The SMILES string of the molecule is CC(O)C1C(=O)N2C(C(=O)OCc3ccc([N+](=O)[O-])cc3)=C(Sc3ccccc3)CC12. The summed E-state index contributed by atoms with van der Waals surface area (Å²) in [5.41, 5.74) is 0.763. The van der Waals surface area contributed by atoms with E-state index in [2.05, 4.69) is 0 Å². The van der Waals surface area contributed by atoms with Crippen molar-refractivity contribution in [3.05, 3.63) is 80.9 Å². The van der Waals surface area contributed by atoms with Crippen molar-refractivity contribution in [2.45, 2.75) is 37.0 Å². The van der Waals surface area contributed by atoms with Crippen LogP contribution >= 0.6 is 11.8 Å². The smallest absolute Gasteiger partial charge is 0.356 e. The summed E-state index contributed by atoms with van der Waals surface area (Å²) in [6.07, 6.45) is -0.324. The Morgan fingerprint density at radius 2 is 1.94 bits per heavy atom. The Morgan fingerprint density at radius 3 is 2.55 bits per heavy atom. The third-order valence-corrected chi connectivity index (χ3v) is 6.50. The van der Waals surface area contributed by atoms with Crippen LogP contribution in [-0.2, 0) is 20.9 Å². The first-order valence-corrected chi connectivity index (χ1v) is 10.6. The molecule has 8 nitrogen and oxygen atoms in total. The normalized spacial score (nSPS) is 20.8. The summed E-state index contributed by atoms with van der Waals surface area (Å²) in [4.78, 5) is 38.9. The van der Waals surface area contributed by atoms with Crippen LogP contribution in [0.3, 0.4) is 0 Å². The average Bonchev–Trinajstić information content (AvgIpc) is 3.06. The summed E-state index contributed by atoms with van der Waals surface area (Å²) >= 11 is 1.41. The minimum Gasteiger partial charge on any atom is -0.456 e. The monoisotopic (exact) mass is 440 g/mol. The van der Waals surface area contributed by atoms with Crippen LogP contribution in [0.2, 0.25) is 0 Å². The van der Waals surface area contributed by atoms with Gasteiger partial charge in [-0.1, -0.05) is 30.0 Å². The molecule has 4 rings (SSSR count). The van der Waals surface area contributed by atoms with Gasteiger partial charge in [0.05, 0.1) is 23.0 Å². The van der Waals surface area contributed by atoms with Gasteiger partial charge in [0.25, 0.3) is 5.69 Å². The molecule has 9 heteroatoms. The van der Waals surface area contributed by atoms with Crippen molar-refractivity contribution in [3.63, 3.8) is 0 Å². The highest BCUT2D eigenvalue weighted by Crippen LogP contribution is 2.48. The molecule has 1 amide bonds. The molecule has 3 atom stereocenters. The second-order valence-corrected chi connectivity index (χ2v) is 8.60. The van der Waals surface area contributed by atoms with E-state index in [0.29, 0.717) is 12.0 Å². The predicted octanol–water partition coefficient (Wildman–Crippen LogP) is 3.25. The van der Waals surface area contributed by atoms with Crippen molar-refractivity contribution in [1.29, 1.82) is 0 Å². The van der Waals surface area contributed by atoms with Gasteiger partial charge in [-0.15, -0.1) is 0 Å². The van der Waals surface area contributed by atoms with Gasteiger partial charge in [-0.3, -0.25) is 14.9 Å². The van der Waals surface area contributed by atoms with Crippen LogP contribution in [0.15, 0.2) is 70.1 Å². The number of nitrogens with zero attached hydrogens (tertiary/aromatic N) is 2. The molecule has 2 heterocycles. The third-order valence-electron chi connectivity index (χ3n) is 5.38. The van der Waals surface area contributed by atoms with Crippen LogP contribution in [0.5, 0.6) is 0 Å². The van der Waals surface area contributed by atoms with Crippen molar-refractivity contribution in [1.82, 2.24) is 4.90 Å². The van der Waals surface area contributed by atoms with Gasteiger partial charge in [-0.2, -0.15) is 0 Å². The molecule has 2 aromatic carbocycles. The van der Waals surface area contributed by atoms with Gasteiger partial charge < -0.3 is 14.7 Å². The molecule has 2 aliphatic heterocycles. The molecule has 2 aromatic rings. The lowest BCUT2D eigenvalue weighted by atomic mass is 9.83. The maximum absolute atomic E-state index is 12.9. The van der Waals surface area contributed by atoms with Crippen LogP contribution in [-0.4, -0.2) is 39.0 Å². The van der Waals surface area contributed by atoms with Gasteiger partial charge in [-0.05, 0) is 36.8 Å².